The lowest BCUT2D eigenvalue weighted by Gasteiger charge is -2.07. The fraction of sp³-hybridized carbons (Fsp3) is 0.0690. The van der Waals surface area contributed by atoms with Crippen molar-refractivity contribution in [3.63, 3.8) is 0 Å². The molecule has 0 fully saturated rings. The van der Waals surface area contributed by atoms with Gasteiger partial charge in [0.05, 0.1) is 5.69 Å². The number of amides is 1. The van der Waals surface area contributed by atoms with Crippen molar-refractivity contribution in [1.82, 2.24) is 14.8 Å². The predicted octanol–water partition coefficient (Wildman–Crippen LogP) is 5.82. The number of ether oxygens (including phenoxy) is 1. The number of hydrogen-bond acceptors (Lipinski definition) is 6. The van der Waals surface area contributed by atoms with Crippen LogP contribution in [0.5, 0.6) is 5.75 Å². The van der Waals surface area contributed by atoms with Crippen molar-refractivity contribution in [3.05, 3.63) is 120 Å². The molecule has 2 heterocycles. The number of carbonyl (C=O) groups excluding carboxylic acids is 1. The van der Waals surface area contributed by atoms with E-state index in [4.69, 9.17) is 9.15 Å². The molecule has 0 saturated carbocycles. The molecule has 0 bridgehead atoms. The van der Waals surface area contributed by atoms with Crippen molar-refractivity contribution in [2.45, 2.75) is 13.5 Å². The van der Waals surface area contributed by atoms with E-state index in [2.05, 4.69) is 15.4 Å². The monoisotopic (exact) mass is 556 g/mol. The van der Waals surface area contributed by atoms with Crippen molar-refractivity contribution < 1.29 is 28.3 Å². The minimum Gasteiger partial charge on any atom is -0.487 e. The Morgan fingerprint density at radius 1 is 1.02 bits per heavy atom. The maximum Gasteiger partial charge on any atom is 0.349 e. The Bertz CT molecular complexity index is 1690. The van der Waals surface area contributed by atoms with Crippen LogP contribution in [-0.4, -0.2) is 30.5 Å². The minimum atomic E-state index is -4.41. The van der Waals surface area contributed by atoms with Gasteiger partial charge in [-0.15, -0.1) is 5.10 Å². The first-order valence-electron chi connectivity index (χ1n) is 12.2. The van der Waals surface area contributed by atoms with Crippen LogP contribution in [0.4, 0.5) is 5.82 Å². The van der Waals surface area contributed by atoms with E-state index >= 15 is 0 Å². The highest BCUT2D eigenvalue weighted by Crippen LogP contribution is 2.37. The number of aryl methyl sites for hydroxylation is 1. The van der Waals surface area contributed by atoms with Crippen LogP contribution in [0.25, 0.3) is 23.2 Å². The van der Waals surface area contributed by atoms with Crippen LogP contribution in [0.2, 0.25) is 0 Å². The Labute approximate surface area is 229 Å². The molecule has 0 aliphatic rings. The van der Waals surface area contributed by atoms with Crippen LogP contribution >= 0.6 is 7.60 Å². The van der Waals surface area contributed by atoms with Gasteiger partial charge >= 0.3 is 7.60 Å². The van der Waals surface area contributed by atoms with E-state index in [1.54, 1.807) is 30.5 Å². The van der Waals surface area contributed by atoms with Gasteiger partial charge in [0.1, 0.15) is 23.8 Å². The van der Waals surface area contributed by atoms with Crippen molar-refractivity contribution in [3.8, 4) is 22.9 Å². The summed E-state index contributed by atoms with van der Waals surface area (Å²) in [7, 11) is -4.41. The maximum absolute atomic E-state index is 13.0. The molecule has 5 rings (SSSR count). The molecule has 0 spiro atoms. The fourth-order valence-corrected chi connectivity index (χ4v) is 4.15. The largest absolute Gasteiger partial charge is 0.487 e. The van der Waals surface area contributed by atoms with Gasteiger partial charge in [-0.1, -0.05) is 36.4 Å². The summed E-state index contributed by atoms with van der Waals surface area (Å²) in [6.45, 7) is 2.02. The highest BCUT2D eigenvalue weighted by atomic mass is 31.2. The number of hydrogen-bond donors (Lipinski definition) is 3. The zero-order valence-corrected chi connectivity index (χ0v) is 22.2. The SMILES string of the molecule is Cc1oc(-c2ccccc2)nc1COc1ccc(C(=O)Nc2nn(-c3ccccc3)cc2/C=C/P(=O)(O)O)cc1. The van der Waals surface area contributed by atoms with Gasteiger partial charge in [0.2, 0.25) is 5.89 Å². The molecule has 3 aromatic carbocycles. The summed E-state index contributed by atoms with van der Waals surface area (Å²) in [6, 6.07) is 25.3. The molecule has 0 unspecified atom stereocenters. The Kier molecular flexibility index (Phi) is 7.75. The average Bonchev–Trinajstić information content (AvgIpc) is 3.54. The highest BCUT2D eigenvalue weighted by molar-refractivity contribution is 7.55. The number of benzene rings is 3. The molecule has 0 aliphatic heterocycles. The number of nitrogens with zero attached hydrogens (tertiary/aromatic N) is 3. The van der Waals surface area contributed by atoms with Crippen LogP contribution in [0.15, 0.2) is 101 Å². The van der Waals surface area contributed by atoms with Crippen LogP contribution in [0.1, 0.15) is 27.4 Å². The van der Waals surface area contributed by atoms with Gasteiger partial charge in [0.25, 0.3) is 5.91 Å². The maximum atomic E-state index is 13.0. The van der Waals surface area contributed by atoms with Crippen LogP contribution in [-0.2, 0) is 11.2 Å². The molecule has 40 heavy (non-hydrogen) atoms. The molecule has 10 nitrogen and oxygen atoms in total. The standard InChI is InChI=1S/C29H25N4O6P/c1-20-26(30-29(39-20)22-8-4-2-5-9-22)19-38-25-14-12-21(13-15-25)28(34)31-27-23(16-17-40(35,36)37)18-33(32-27)24-10-6-3-7-11-24/h2-18H,19H2,1H3,(H,31,32,34)(H2,35,36,37)/b17-16+. The summed E-state index contributed by atoms with van der Waals surface area (Å²) in [5.74, 6) is 2.19. The number of nitrogens with one attached hydrogen (secondary N) is 1. The zero-order valence-electron chi connectivity index (χ0n) is 21.3. The third-order valence-corrected chi connectivity index (χ3v) is 6.39. The van der Waals surface area contributed by atoms with E-state index in [0.29, 0.717) is 39.9 Å². The predicted molar refractivity (Wildman–Crippen MR) is 150 cm³/mol. The molecule has 1 amide bonds. The minimum absolute atomic E-state index is 0.148. The molecule has 0 aliphatic carbocycles. The molecule has 2 aromatic heterocycles. The smallest absolute Gasteiger partial charge is 0.349 e. The number of rotatable bonds is 9. The molecular formula is C29H25N4O6P. The van der Waals surface area contributed by atoms with Gasteiger partial charge in [0.15, 0.2) is 5.82 Å². The van der Waals surface area contributed by atoms with E-state index in [0.717, 1.165) is 11.4 Å². The molecule has 202 valence electrons. The van der Waals surface area contributed by atoms with E-state index in [9.17, 15) is 19.1 Å². The van der Waals surface area contributed by atoms with E-state index in [1.807, 2.05) is 67.6 Å². The first-order chi connectivity index (χ1) is 19.2. The zero-order chi connectivity index (χ0) is 28.1. The Balaban J connectivity index is 1.28. The molecule has 0 radical (unpaired) electrons. The second-order valence-electron chi connectivity index (χ2n) is 8.77. The lowest BCUT2D eigenvalue weighted by atomic mass is 10.2. The Morgan fingerprint density at radius 3 is 2.38 bits per heavy atom. The molecule has 5 aromatic rings. The van der Waals surface area contributed by atoms with Gasteiger partial charge in [0, 0.05) is 28.7 Å². The molecular weight excluding hydrogens is 531 g/mol. The van der Waals surface area contributed by atoms with Crippen molar-refractivity contribution in [1.29, 1.82) is 0 Å². The van der Waals surface area contributed by atoms with Crippen LogP contribution in [0.3, 0.4) is 0 Å². The summed E-state index contributed by atoms with van der Waals surface area (Å²) in [6.07, 6.45) is 2.80. The van der Waals surface area contributed by atoms with Crippen molar-refractivity contribution in [2.75, 3.05) is 5.32 Å². The third kappa shape index (κ3) is 6.62. The summed E-state index contributed by atoms with van der Waals surface area (Å²) >= 11 is 0. The fourth-order valence-electron chi connectivity index (χ4n) is 3.80. The number of anilines is 1. The first kappa shape index (κ1) is 26.8. The van der Waals surface area contributed by atoms with Crippen LogP contribution in [0, 0.1) is 6.92 Å². The quantitative estimate of drug-likeness (QED) is 0.193. The summed E-state index contributed by atoms with van der Waals surface area (Å²) in [5.41, 5.74) is 2.94. The van der Waals surface area contributed by atoms with Crippen molar-refractivity contribution >= 4 is 25.4 Å². The topological polar surface area (TPSA) is 140 Å². The van der Waals surface area contributed by atoms with Crippen molar-refractivity contribution in [2.24, 2.45) is 0 Å². The Morgan fingerprint density at radius 2 is 1.70 bits per heavy atom. The Hall–Kier alpha value is -4.76. The molecule has 0 saturated heterocycles. The molecule has 11 heteroatoms. The van der Waals surface area contributed by atoms with E-state index < -0.39 is 13.5 Å². The molecule has 3 N–H and O–H groups in total. The summed E-state index contributed by atoms with van der Waals surface area (Å²) in [5, 5.41) is 7.12. The van der Waals surface area contributed by atoms with Gasteiger partial charge < -0.3 is 24.3 Å². The molecule has 0 atom stereocenters. The number of carbonyl (C=O) groups is 1. The number of oxazole rings is 1. The lowest BCUT2D eigenvalue weighted by Crippen LogP contribution is -2.13. The first-order valence-corrected chi connectivity index (χ1v) is 13.9. The second-order valence-corrected chi connectivity index (χ2v) is 10.2. The summed E-state index contributed by atoms with van der Waals surface area (Å²) in [4.78, 5) is 36.0. The second kappa shape index (κ2) is 11.5. The summed E-state index contributed by atoms with van der Waals surface area (Å²) < 4.78 is 24.5. The van der Waals surface area contributed by atoms with Crippen LogP contribution < -0.4 is 10.1 Å². The third-order valence-electron chi connectivity index (χ3n) is 5.85. The normalized spacial score (nSPS) is 11.6. The van der Waals surface area contributed by atoms with Gasteiger partial charge in [-0.05, 0) is 61.5 Å². The average molecular weight is 557 g/mol. The number of para-hydroxylation sites is 1. The van der Waals surface area contributed by atoms with Gasteiger partial charge in [-0.2, -0.15) is 0 Å². The number of aromatic nitrogens is 3. The van der Waals surface area contributed by atoms with E-state index in [-0.39, 0.29) is 12.4 Å². The van der Waals surface area contributed by atoms with Gasteiger partial charge in [-0.25, -0.2) is 9.67 Å². The van der Waals surface area contributed by atoms with E-state index in [1.165, 1.54) is 10.8 Å². The highest BCUT2D eigenvalue weighted by Gasteiger charge is 2.16. The lowest BCUT2D eigenvalue weighted by molar-refractivity contribution is 0.102. The van der Waals surface area contributed by atoms with Gasteiger partial charge in [-0.3, -0.25) is 9.36 Å².